The highest BCUT2D eigenvalue weighted by Crippen LogP contribution is 2.39. The van der Waals surface area contributed by atoms with Crippen molar-refractivity contribution in [1.29, 1.82) is 0 Å². The number of anilines is 1. The van der Waals surface area contributed by atoms with Gasteiger partial charge in [-0.1, -0.05) is 61.8 Å². The lowest BCUT2D eigenvalue weighted by molar-refractivity contribution is 0.498. The molecule has 0 spiro atoms. The van der Waals surface area contributed by atoms with Crippen molar-refractivity contribution in [2.24, 2.45) is 0 Å². The molecule has 1 aliphatic rings. The third kappa shape index (κ3) is 4.32. The van der Waals surface area contributed by atoms with Gasteiger partial charge in [-0.25, -0.2) is 9.37 Å². The van der Waals surface area contributed by atoms with Gasteiger partial charge >= 0.3 is 0 Å². The summed E-state index contributed by atoms with van der Waals surface area (Å²) in [7, 11) is 0. The summed E-state index contributed by atoms with van der Waals surface area (Å²) in [5.74, 6) is 0.520. The van der Waals surface area contributed by atoms with Crippen molar-refractivity contribution in [2.75, 3.05) is 24.5 Å². The molecule has 2 heterocycles. The van der Waals surface area contributed by atoms with E-state index in [1.165, 1.54) is 17.2 Å². The number of piperazine rings is 1. The smallest absolute Gasteiger partial charge is 0.206 e. The van der Waals surface area contributed by atoms with Gasteiger partial charge in [0.2, 0.25) is 4.77 Å². The molecule has 4 aromatic rings. The Morgan fingerprint density at radius 3 is 2.44 bits per heavy atom. The van der Waals surface area contributed by atoms with Crippen LogP contribution >= 0.6 is 23.8 Å². The van der Waals surface area contributed by atoms with E-state index in [1.807, 2.05) is 18.2 Å². The van der Waals surface area contributed by atoms with Crippen LogP contribution in [0.15, 0.2) is 54.6 Å². The highest BCUT2D eigenvalue weighted by Gasteiger charge is 2.25. The van der Waals surface area contributed by atoms with Gasteiger partial charge in [-0.2, -0.15) is 0 Å². The molecule has 36 heavy (non-hydrogen) atoms. The van der Waals surface area contributed by atoms with Gasteiger partial charge in [0.15, 0.2) is 0 Å². The number of aryl methyl sites for hydroxylation is 2. The van der Waals surface area contributed by atoms with Crippen LogP contribution in [0.1, 0.15) is 31.9 Å². The Bertz CT molecular complexity index is 1480. The average molecular weight is 521 g/mol. The average Bonchev–Trinajstić information content (AvgIpc) is 2.89. The fraction of sp³-hybridized carbons (Fsp3) is 0.310. The van der Waals surface area contributed by atoms with E-state index in [1.54, 1.807) is 12.1 Å². The van der Waals surface area contributed by atoms with Crippen LogP contribution in [0, 0.1) is 10.6 Å². The predicted molar refractivity (Wildman–Crippen MR) is 151 cm³/mol. The zero-order chi connectivity index (χ0) is 25.4. The highest BCUT2D eigenvalue weighted by molar-refractivity contribution is 7.71. The van der Waals surface area contributed by atoms with Crippen LogP contribution < -0.4 is 10.2 Å². The number of hydrogen-bond donors (Lipinski definition) is 1. The van der Waals surface area contributed by atoms with Crippen LogP contribution in [0.4, 0.5) is 10.2 Å². The van der Waals surface area contributed by atoms with Crippen molar-refractivity contribution in [1.82, 2.24) is 14.9 Å². The summed E-state index contributed by atoms with van der Waals surface area (Å²) < 4.78 is 17.5. The van der Waals surface area contributed by atoms with E-state index in [4.69, 9.17) is 28.8 Å². The van der Waals surface area contributed by atoms with Crippen molar-refractivity contribution >= 4 is 40.5 Å². The molecule has 0 aliphatic carbocycles. The molecule has 1 atom stereocenters. The van der Waals surface area contributed by atoms with Gasteiger partial charge in [-0.3, -0.25) is 4.57 Å². The summed E-state index contributed by atoms with van der Waals surface area (Å²) in [6.45, 7) is 9.03. The maximum absolute atomic E-state index is 14.9. The number of hydrogen-bond acceptors (Lipinski definition) is 4. The van der Waals surface area contributed by atoms with Gasteiger partial charge in [-0.15, -0.1) is 0 Å². The molecule has 0 amide bonds. The van der Waals surface area contributed by atoms with Gasteiger partial charge in [0.05, 0.1) is 11.2 Å². The first-order valence-electron chi connectivity index (χ1n) is 12.5. The van der Waals surface area contributed by atoms with E-state index >= 15 is 0 Å². The van der Waals surface area contributed by atoms with Gasteiger partial charge in [0, 0.05) is 47.2 Å². The molecule has 0 unspecified atom stereocenters. The molecule has 0 radical (unpaired) electrons. The summed E-state index contributed by atoms with van der Waals surface area (Å²) in [5, 5.41) is 4.84. The minimum absolute atomic E-state index is 0.249. The molecule has 0 bridgehead atoms. The van der Waals surface area contributed by atoms with Crippen LogP contribution in [-0.4, -0.2) is 35.2 Å². The normalized spacial score (nSPS) is 16.0. The quantitative estimate of drug-likeness (QED) is 0.283. The molecular formula is C29H30ClFN4S. The topological polar surface area (TPSA) is 33.1 Å². The molecule has 1 fully saturated rings. The number of aromatic nitrogens is 2. The Morgan fingerprint density at radius 1 is 1.06 bits per heavy atom. The van der Waals surface area contributed by atoms with Crippen LogP contribution in [-0.2, 0) is 12.8 Å². The predicted octanol–water partition coefficient (Wildman–Crippen LogP) is 7.14. The summed E-state index contributed by atoms with van der Waals surface area (Å²) in [6.07, 6.45) is 1.72. The molecule has 0 saturated carbocycles. The lowest BCUT2D eigenvalue weighted by Crippen LogP contribution is -2.50. The molecule has 186 valence electrons. The fourth-order valence-corrected chi connectivity index (χ4v) is 5.75. The fourth-order valence-electron chi connectivity index (χ4n) is 5.21. The Hall–Kier alpha value is -2.80. The number of halogens is 2. The lowest BCUT2D eigenvalue weighted by atomic mass is 10.00. The Kier molecular flexibility index (Phi) is 7.11. The molecule has 1 aliphatic heterocycles. The minimum Gasteiger partial charge on any atom is -0.351 e. The number of fused-ring (bicyclic) bond motifs is 1. The zero-order valence-corrected chi connectivity index (χ0v) is 22.4. The second kappa shape index (κ2) is 10.3. The summed E-state index contributed by atoms with van der Waals surface area (Å²) in [6, 6.07) is 17.3. The number of nitrogens with one attached hydrogen (secondary N) is 1. The summed E-state index contributed by atoms with van der Waals surface area (Å²) in [5.41, 5.74) is 5.44. The van der Waals surface area contributed by atoms with Crippen molar-refractivity contribution in [3.63, 3.8) is 0 Å². The second-order valence-corrected chi connectivity index (χ2v) is 10.0. The number of benzene rings is 3. The SMILES string of the molecule is CCc1cccc(CC)c1-n1c(=S)nc(N2CCNC[C@@H]2C)c2cc(Cl)c(-c3ccccc3F)cc21. The standard InChI is InChI=1S/C29H30ClFN4S/c1-4-19-9-8-10-20(5-2)27(19)35-26-16-22(21-11-6-7-12-25(21)31)24(30)15-23(26)28(33-29(35)36)34-14-13-32-17-18(34)3/h6-12,15-16,18,32H,4-5,13-14,17H2,1-3H3/t18-/m0/s1. The maximum atomic E-state index is 14.9. The molecule has 1 N–H and O–H groups in total. The highest BCUT2D eigenvalue weighted by atomic mass is 35.5. The number of para-hydroxylation sites is 1. The van der Waals surface area contributed by atoms with E-state index in [-0.39, 0.29) is 11.9 Å². The minimum atomic E-state index is -0.308. The number of nitrogens with zero attached hydrogens (tertiary/aromatic N) is 3. The first kappa shape index (κ1) is 24.9. The van der Waals surface area contributed by atoms with E-state index < -0.39 is 0 Å². The van der Waals surface area contributed by atoms with Crippen molar-refractivity contribution in [3.8, 4) is 16.8 Å². The maximum Gasteiger partial charge on any atom is 0.206 e. The third-order valence-corrected chi connectivity index (χ3v) is 7.67. The summed E-state index contributed by atoms with van der Waals surface area (Å²) >= 11 is 12.8. The molecule has 1 aromatic heterocycles. The van der Waals surface area contributed by atoms with Gasteiger partial charge in [-0.05, 0) is 61.3 Å². The van der Waals surface area contributed by atoms with E-state index in [2.05, 4.69) is 53.8 Å². The Labute approximate surface area is 221 Å². The third-order valence-electron chi connectivity index (χ3n) is 7.09. The zero-order valence-electron chi connectivity index (χ0n) is 20.8. The van der Waals surface area contributed by atoms with E-state index in [0.29, 0.717) is 20.9 Å². The first-order valence-corrected chi connectivity index (χ1v) is 13.3. The molecular weight excluding hydrogens is 491 g/mol. The van der Waals surface area contributed by atoms with Crippen molar-refractivity contribution < 1.29 is 4.39 Å². The van der Waals surface area contributed by atoms with Crippen molar-refractivity contribution in [3.05, 3.63) is 81.3 Å². The van der Waals surface area contributed by atoms with Crippen LogP contribution in [0.3, 0.4) is 0 Å². The lowest BCUT2D eigenvalue weighted by Gasteiger charge is -2.36. The molecule has 3 aromatic carbocycles. The molecule has 5 rings (SSSR count). The van der Waals surface area contributed by atoms with Crippen molar-refractivity contribution in [2.45, 2.75) is 39.7 Å². The van der Waals surface area contributed by atoms with E-state index in [0.717, 1.165) is 54.9 Å². The van der Waals surface area contributed by atoms with Crippen LogP contribution in [0.5, 0.6) is 0 Å². The second-order valence-electron chi connectivity index (χ2n) is 9.26. The summed E-state index contributed by atoms with van der Waals surface area (Å²) in [4.78, 5) is 7.30. The molecule has 4 nitrogen and oxygen atoms in total. The number of rotatable bonds is 5. The largest absolute Gasteiger partial charge is 0.351 e. The molecule has 1 saturated heterocycles. The first-order chi connectivity index (χ1) is 17.4. The van der Waals surface area contributed by atoms with Gasteiger partial charge in [0.25, 0.3) is 0 Å². The van der Waals surface area contributed by atoms with Crippen LogP contribution in [0.2, 0.25) is 5.02 Å². The Balaban J connectivity index is 1.90. The van der Waals surface area contributed by atoms with Gasteiger partial charge < -0.3 is 10.2 Å². The monoisotopic (exact) mass is 520 g/mol. The van der Waals surface area contributed by atoms with E-state index in [9.17, 15) is 4.39 Å². The van der Waals surface area contributed by atoms with Crippen LogP contribution in [0.25, 0.3) is 27.7 Å². The Morgan fingerprint density at radius 2 is 1.78 bits per heavy atom. The van der Waals surface area contributed by atoms with Gasteiger partial charge in [0.1, 0.15) is 11.6 Å². The molecule has 7 heteroatoms.